The van der Waals surface area contributed by atoms with Crippen LogP contribution in [0.1, 0.15) is 31.3 Å². The van der Waals surface area contributed by atoms with E-state index in [4.69, 9.17) is 0 Å². The molecular weight excluding hydrogens is 447 g/mol. The van der Waals surface area contributed by atoms with Crippen LogP contribution in [0.3, 0.4) is 0 Å². The summed E-state index contributed by atoms with van der Waals surface area (Å²) in [6, 6.07) is 6.72. The Bertz CT molecular complexity index is 1100. The third-order valence-corrected chi connectivity index (χ3v) is 6.95. The first-order valence-corrected chi connectivity index (χ1v) is 11.3. The number of halogens is 3. The number of aryl methyl sites for hydroxylation is 1. The van der Waals surface area contributed by atoms with E-state index in [0.717, 1.165) is 16.6 Å². The number of hydrogen-bond donors (Lipinski definition) is 0. The normalized spacial score (nSPS) is 14.7. The van der Waals surface area contributed by atoms with E-state index in [9.17, 15) is 22.8 Å². The number of amides is 2. The van der Waals surface area contributed by atoms with Gasteiger partial charge in [0, 0.05) is 37.1 Å². The van der Waals surface area contributed by atoms with E-state index in [1.54, 1.807) is 23.2 Å². The number of carbonyl (C=O) groups excluding carboxylic acids is 2. The van der Waals surface area contributed by atoms with Gasteiger partial charge < -0.3 is 9.80 Å². The maximum absolute atomic E-state index is 13.2. The fourth-order valence-corrected chi connectivity index (χ4v) is 5.19. The molecule has 1 aromatic carbocycles. The molecule has 1 aliphatic rings. The molecule has 1 saturated heterocycles. The zero-order valence-corrected chi connectivity index (χ0v) is 18.1. The molecule has 0 radical (unpaired) electrons. The molecule has 2 aromatic heterocycles. The van der Waals surface area contributed by atoms with Gasteiger partial charge in [-0.15, -0.1) is 11.3 Å². The van der Waals surface area contributed by atoms with E-state index in [1.165, 1.54) is 34.4 Å². The largest absolute Gasteiger partial charge is 0.417 e. The Labute approximate surface area is 184 Å². The summed E-state index contributed by atoms with van der Waals surface area (Å²) >= 11 is 2.88. The number of thiophene rings is 1. The highest BCUT2D eigenvalue weighted by Gasteiger charge is 2.36. The summed E-state index contributed by atoms with van der Waals surface area (Å²) in [5.41, 5.74) is 0.304. The van der Waals surface area contributed by atoms with Crippen molar-refractivity contribution in [2.45, 2.75) is 13.1 Å². The van der Waals surface area contributed by atoms with Crippen molar-refractivity contribution in [3.63, 3.8) is 0 Å². The fourth-order valence-electron chi connectivity index (χ4n) is 3.45. The molecule has 0 bridgehead atoms. The molecule has 10 heteroatoms. The van der Waals surface area contributed by atoms with E-state index in [0.29, 0.717) is 10.6 Å². The fraction of sp³-hybridized carbons (Fsp3) is 0.286. The first kappa shape index (κ1) is 21.5. The second kappa shape index (κ2) is 8.43. The Morgan fingerprint density at radius 2 is 1.65 bits per heavy atom. The summed E-state index contributed by atoms with van der Waals surface area (Å²) in [7, 11) is 0. The smallest absolute Gasteiger partial charge is 0.335 e. The number of carbonyl (C=O) groups is 2. The third-order valence-electron chi connectivity index (χ3n) is 5.08. The lowest BCUT2D eigenvalue weighted by molar-refractivity contribution is -0.138. The summed E-state index contributed by atoms with van der Waals surface area (Å²) in [4.78, 5) is 33.7. The van der Waals surface area contributed by atoms with Gasteiger partial charge in [0.05, 0.1) is 16.8 Å². The minimum Gasteiger partial charge on any atom is -0.335 e. The van der Waals surface area contributed by atoms with Crippen molar-refractivity contribution in [2.75, 3.05) is 26.2 Å². The number of alkyl halides is 3. The molecule has 3 aromatic rings. The van der Waals surface area contributed by atoms with Crippen molar-refractivity contribution in [3.8, 4) is 10.6 Å². The average molecular weight is 466 g/mol. The molecule has 0 spiro atoms. The van der Waals surface area contributed by atoms with Crippen molar-refractivity contribution < 1.29 is 22.8 Å². The Balaban J connectivity index is 1.45. The van der Waals surface area contributed by atoms with Crippen LogP contribution in [0.15, 0.2) is 41.1 Å². The van der Waals surface area contributed by atoms with E-state index >= 15 is 0 Å². The quantitative estimate of drug-likeness (QED) is 0.559. The Kier molecular flexibility index (Phi) is 5.85. The average Bonchev–Trinajstić information content (AvgIpc) is 3.42. The predicted octanol–water partition coefficient (Wildman–Crippen LogP) is 4.80. The van der Waals surface area contributed by atoms with Crippen LogP contribution in [-0.2, 0) is 6.18 Å². The maximum atomic E-state index is 13.2. The van der Waals surface area contributed by atoms with E-state index < -0.39 is 17.6 Å². The van der Waals surface area contributed by atoms with Gasteiger partial charge in [-0.3, -0.25) is 9.59 Å². The van der Waals surface area contributed by atoms with Crippen LogP contribution in [0.2, 0.25) is 0 Å². The standard InChI is InChI=1S/C21H18F3N3O2S2/c1-13-17(31-18(25-13)14-6-11-30-12-14)20(29)27-9-7-26(8-10-27)19(28)15-4-2-3-5-16(15)21(22,23)24/h2-6,11-12H,7-10H2,1H3. The number of aromatic nitrogens is 1. The number of benzene rings is 1. The predicted molar refractivity (Wildman–Crippen MR) is 113 cm³/mol. The second-order valence-corrected chi connectivity index (χ2v) is 8.85. The van der Waals surface area contributed by atoms with Crippen molar-refractivity contribution in [1.29, 1.82) is 0 Å². The molecule has 162 valence electrons. The number of thiazole rings is 1. The molecule has 1 fully saturated rings. The van der Waals surface area contributed by atoms with Crippen LogP contribution >= 0.6 is 22.7 Å². The van der Waals surface area contributed by atoms with Crippen LogP contribution in [0.4, 0.5) is 13.2 Å². The molecule has 31 heavy (non-hydrogen) atoms. The van der Waals surface area contributed by atoms with Gasteiger partial charge >= 0.3 is 6.18 Å². The minimum absolute atomic E-state index is 0.167. The molecular formula is C21H18F3N3O2S2. The number of rotatable bonds is 3. The molecule has 3 heterocycles. The van der Waals surface area contributed by atoms with Gasteiger partial charge in [-0.1, -0.05) is 12.1 Å². The van der Waals surface area contributed by atoms with Crippen LogP contribution in [0, 0.1) is 6.92 Å². The molecule has 4 rings (SSSR count). The lowest BCUT2D eigenvalue weighted by Gasteiger charge is -2.35. The summed E-state index contributed by atoms with van der Waals surface area (Å²) in [6.07, 6.45) is -4.60. The van der Waals surface area contributed by atoms with Gasteiger partial charge in [-0.25, -0.2) is 4.98 Å². The maximum Gasteiger partial charge on any atom is 0.417 e. The number of nitrogens with zero attached hydrogens (tertiary/aromatic N) is 3. The summed E-state index contributed by atoms with van der Waals surface area (Å²) in [5, 5.41) is 4.69. The Morgan fingerprint density at radius 1 is 1.00 bits per heavy atom. The molecule has 0 N–H and O–H groups in total. The molecule has 2 amide bonds. The zero-order valence-electron chi connectivity index (χ0n) is 16.5. The van der Waals surface area contributed by atoms with Crippen molar-refractivity contribution in [2.24, 2.45) is 0 Å². The first-order chi connectivity index (χ1) is 14.8. The molecule has 0 unspecified atom stereocenters. The van der Waals surface area contributed by atoms with E-state index in [1.807, 2.05) is 16.8 Å². The minimum atomic E-state index is -4.60. The van der Waals surface area contributed by atoms with Gasteiger partial charge in [-0.2, -0.15) is 24.5 Å². The van der Waals surface area contributed by atoms with E-state index in [2.05, 4.69) is 4.98 Å². The van der Waals surface area contributed by atoms with Crippen molar-refractivity contribution in [3.05, 3.63) is 62.8 Å². The van der Waals surface area contributed by atoms with Crippen LogP contribution in [0.25, 0.3) is 10.6 Å². The lowest BCUT2D eigenvalue weighted by Crippen LogP contribution is -2.50. The second-order valence-electron chi connectivity index (χ2n) is 7.07. The molecule has 5 nitrogen and oxygen atoms in total. The summed E-state index contributed by atoms with van der Waals surface area (Å²) < 4.78 is 39.7. The third kappa shape index (κ3) is 4.35. The highest BCUT2D eigenvalue weighted by molar-refractivity contribution is 7.17. The highest BCUT2D eigenvalue weighted by atomic mass is 32.1. The molecule has 0 atom stereocenters. The first-order valence-electron chi connectivity index (χ1n) is 9.50. The van der Waals surface area contributed by atoms with Gasteiger partial charge in [0.25, 0.3) is 11.8 Å². The monoisotopic (exact) mass is 465 g/mol. The Morgan fingerprint density at radius 3 is 2.26 bits per heavy atom. The zero-order chi connectivity index (χ0) is 22.2. The van der Waals surface area contributed by atoms with Crippen LogP contribution in [-0.4, -0.2) is 52.8 Å². The summed E-state index contributed by atoms with van der Waals surface area (Å²) in [6.45, 7) is 2.64. The molecule has 1 aliphatic heterocycles. The van der Waals surface area contributed by atoms with Gasteiger partial charge in [0.1, 0.15) is 9.88 Å². The summed E-state index contributed by atoms with van der Waals surface area (Å²) in [5.74, 6) is -0.840. The SMILES string of the molecule is Cc1nc(-c2ccsc2)sc1C(=O)N1CCN(C(=O)c2ccccc2C(F)(F)F)CC1. The van der Waals surface area contributed by atoms with Gasteiger partial charge in [0.15, 0.2) is 0 Å². The molecule has 0 aliphatic carbocycles. The number of hydrogen-bond acceptors (Lipinski definition) is 5. The van der Waals surface area contributed by atoms with Crippen LogP contribution in [0.5, 0.6) is 0 Å². The Hall–Kier alpha value is -2.72. The lowest BCUT2D eigenvalue weighted by atomic mass is 10.1. The van der Waals surface area contributed by atoms with Crippen molar-refractivity contribution >= 4 is 34.5 Å². The highest BCUT2D eigenvalue weighted by Crippen LogP contribution is 2.33. The topological polar surface area (TPSA) is 53.5 Å². The van der Waals surface area contributed by atoms with E-state index in [-0.39, 0.29) is 37.6 Å². The van der Waals surface area contributed by atoms with Gasteiger partial charge in [0.2, 0.25) is 0 Å². The van der Waals surface area contributed by atoms with Crippen LogP contribution < -0.4 is 0 Å². The number of piperazine rings is 1. The van der Waals surface area contributed by atoms with Crippen molar-refractivity contribution in [1.82, 2.24) is 14.8 Å². The molecule has 0 saturated carbocycles. The van der Waals surface area contributed by atoms with Gasteiger partial charge in [-0.05, 0) is 30.5 Å².